The van der Waals surface area contributed by atoms with Gasteiger partial charge in [-0.2, -0.15) is 4.31 Å². The lowest BCUT2D eigenvalue weighted by molar-refractivity contribution is 0.00546. The zero-order valence-electron chi connectivity index (χ0n) is 19.7. The maximum absolute atomic E-state index is 14.1. The average Bonchev–Trinajstić information content (AvgIpc) is 2.88. The quantitative estimate of drug-likeness (QED) is 0.390. The number of nitrogens with zero attached hydrogens (tertiary/aromatic N) is 2. The van der Waals surface area contributed by atoms with Gasteiger partial charge in [0, 0.05) is 49.4 Å². The van der Waals surface area contributed by atoms with Crippen molar-refractivity contribution >= 4 is 21.6 Å². The van der Waals surface area contributed by atoms with Crippen LogP contribution in [0.5, 0.6) is 5.75 Å². The van der Waals surface area contributed by atoms with Crippen molar-refractivity contribution in [1.29, 1.82) is 0 Å². The molecule has 0 spiro atoms. The molecule has 1 fully saturated rings. The molecule has 0 aromatic heterocycles. The molecule has 0 radical (unpaired) electrons. The SMILES string of the molecule is COc1cccc(S(=O)(=O)N2CCN(CC(OCc3c(F)cccc3F)c3ccc(Cl)cc3)CC2)c1. The Labute approximate surface area is 215 Å². The van der Waals surface area contributed by atoms with Gasteiger partial charge in [0.05, 0.1) is 24.7 Å². The van der Waals surface area contributed by atoms with Crippen LogP contribution in [-0.4, -0.2) is 57.5 Å². The maximum atomic E-state index is 14.1. The zero-order chi connectivity index (χ0) is 25.7. The lowest BCUT2D eigenvalue weighted by Gasteiger charge is -2.36. The number of methoxy groups -OCH3 is 1. The minimum atomic E-state index is -3.66. The molecule has 192 valence electrons. The molecule has 1 saturated heterocycles. The number of piperazine rings is 1. The van der Waals surface area contributed by atoms with Crippen molar-refractivity contribution < 1.29 is 26.7 Å². The first-order chi connectivity index (χ1) is 17.3. The van der Waals surface area contributed by atoms with Crippen molar-refractivity contribution in [3.05, 3.63) is 94.5 Å². The molecule has 0 bridgehead atoms. The van der Waals surface area contributed by atoms with Gasteiger partial charge in [-0.05, 0) is 42.0 Å². The molecule has 1 aliphatic rings. The van der Waals surface area contributed by atoms with Crippen LogP contribution in [-0.2, 0) is 21.4 Å². The highest BCUT2D eigenvalue weighted by molar-refractivity contribution is 7.89. The number of ether oxygens (including phenoxy) is 2. The van der Waals surface area contributed by atoms with Crippen LogP contribution in [0.4, 0.5) is 8.78 Å². The molecule has 10 heteroatoms. The highest BCUT2D eigenvalue weighted by atomic mass is 35.5. The minimum absolute atomic E-state index is 0.134. The predicted molar refractivity (Wildman–Crippen MR) is 134 cm³/mol. The first-order valence-electron chi connectivity index (χ1n) is 11.4. The van der Waals surface area contributed by atoms with Crippen molar-refractivity contribution in [2.75, 3.05) is 39.8 Å². The van der Waals surface area contributed by atoms with Crippen LogP contribution < -0.4 is 4.74 Å². The maximum Gasteiger partial charge on any atom is 0.243 e. The molecule has 1 heterocycles. The predicted octanol–water partition coefficient (Wildman–Crippen LogP) is 4.89. The van der Waals surface area contributed by atoms with Crippen LogP contribution in [0.3, 0.4) is 0 Å². The van der Waals surface area contributed by atoms with E-state index in [1.54, 1.807) is 30.3 Å². The summed E-state index contributed by atoms with van der Waals surface area (Å²) in [5.41, 5.74) is 0.674. The molecule has 1 aliphatic heterocycles. The molecule has 6 nitrogen and oxygen atoms in total. The van der Waals surface area contributed by atoms with Crippen molar-refractivity contribution in [2.45, 2.75) is 17.6 Å². The number of sulfonamides is 1. The van der Waals surface area contributed by atoms with Gasteiger partial charge in [0.15, 0.2) is 0 Å². The molecular weight excluding hydrogens is 510 g/mol. The Morgan fingerprint density at radius 3 is 2.22 bits per heavy atom. The topological polar surface area (TPSA) is 59.1 Å². The van der Waals surface area contributed by atoms with E-state index in [9.17, 15) is 17.2 Å². The second-order valence-electron chi connectivity index (χ2n) is 8.44. The molecule has 4 rings (SSSR count). The summed E-state index contributed by atoms with van der Waals surface area (Å²) in [6, 6.07) is 17.2. The summed E-state index contributed by atoms with van der Waals surface area (Å²) in [4.78, 5) is 2.26. The van der Waals surface area contributed by atoms with E-state index in [1.807, 2.05) is 12.1 Å². The average molecular weight is 537 g/mol. The van der Waals surface area contributed by atoms with Gasteiger partial charge in [-0.15, -0.1) is 0 Å². The Morgan fingerprint density at radius 2 is 1.58 bits per heavy atom. The van der Waals surface area contributed by atoms with E-state index >= 15 is 0 Å². The van der Waals surface area contributed by atoms with Crippen molar-refractivity contribution in [3.8, 4) is 5.75 Å². The first-order valence-corrected chi connectivity index (χ1v) is 13.3. The van der Waals surface area contributed by atoms with Gasteiger partial charge >= 0.3 is 0 Å². The van der Waals surface area contributed by atoms with Crippen LogP contribution in [0, 0.1) is 11.6 Å². The molecule has 1 atom stereocenters. The minimum Gasteiger partial charge on any atom is -0.497 e. The van der Waals surface area contributed by atoms with Gasteiger partial charge in [-0.1, -0.05) is 35.9 Å². The highest BCUT2D eigenvalue weighted by Crippen LogP contribution is 2.26. The fourth-order valence-corrected chi connectivity index (χ4v) is 5.67. The summed E-state index contributed by atoms with van der Waals surface area (Å²) in [7, 11) is -2.17. The summed E-state index contributed by atoms with van der Waals surface area (Å²) in [6.07, 6.45) is -0.497. The third-order valence-corrected chi connectivity index (χ3v) is 8.31. The lowest BCUT2D eigenvalue weighted by Crippen LogP contribution is -2.49. The molecule has 3 aromatic rings. The Morgan fingerprint density at radius 1 is 0.944 bits per heavy atom. The third-order valence-electron chi connectivity index (χ3n) is 6.17. The van der Waals surface area contributed by atoms with Crippen LogP contribution in [0.15, 0.2) is 71.6 Å². The van der Waals surface area contributed by atoms with Crippen LogP contribution >= 0.6 is 11.6 Å². The molecule has 0 amide bonds. The van der Waals surface area contributed by atoms with E-state index in [0.717, 1.165) is 5.56 Å². The molecule has 0 aliphatic carbocycles. The van der Waals surface area contributed by atoms with E-state index in [0.29, 0.717) is 43.5 Å². The summed E-state index contributed by atoms with van der Waals surface area (Å²) in [6.45, 7) is 1.74. The molecule has 0 saturated carbocycles. The summed E-state index contributed by atoms with van der Waals surface area (Å²) in [5, 5.41) is 0.564. The number of hydrogen-bond acceptors (Lipinski definition) is 5. The lowest BCUT2D eigenvalue weighted by atomic mass is 10.1. The Hall–Kier alpha value is -2.56. The highest BCUT2D eigenvalue weighted by Gasteiger charge is 2.30. The standard InChI is InChI=1S/C26H27ClF2N2O4S/c1-34-21-4-2-5-22(16-21)36(32,33)31-14-12-30(13-15-31)17-26(19-8-10-20(27)11-9-19)35-18-23-24(28)6-3-7-25(23)29/h2-11,16,26H,12-15,17-18H2,1H3. The summed E-state index contributed by atoms with van der Waals surface area (Å²) >= 11 is 6.03. The Kier molecular flexibility index (Phi) is 8.58. The normalized spacial score (nSPS) is 16.1. The second-order valence-corrected chi connectivity index (χ2v) is 10.8. The van der Waals surface area contributed by atoms with E-state index in [-0.39, 0.29) is 17.1 Å². The monoisotopic (exact) mass is 536 g/mol. The molecule has 0 N–H and O–H groups in total. The smallest absolute Gasteiger partial charge is 0.243 e. The largest absolute Gasteiger partial charge is 0.497 e. The summed E-state index contributed by atoms with van der Waals surface area (Å²) < 4.78 is 67.1. The number of benzene rings is 3. The Bertz CT molecular complexity index is 1260. The van der Waals surface area contributed by atoms with Crippen LogP contribution in [0.25, 0.3) is 0 Å². The molecule has 3 aromatic carbocycles. The van der Waals surface area contributed by atoms with Gasteiger partial charge < -0.3 is 9.47 Å². The van der Waals surface area contributed by atoms with Crippen molar-refractivity contribution in [1.82, 2.24) is 9.21 Å². The van der Waals surface area contributed by atoms with Gasteiger partial charge in [-0.3, -0.25) is 4.90 Å². The molecule has 36 heavy (non-hydrogen) atoms. The summed E-state index contributed by atoms with van der Waals surface area (Å²) in [5.74, 6) is -0.855. The van der Waals surface area contributed by atoms with Crippen LogP contribution in [0.2, 0.25) is 5.02 Å². The fourth-order valence-electron chi connectivity index (χ4n) is 4.08. The zero-order valence-corrected chi connectivity index (χ0v) is 21.3. The second kappa shape index (κ2) is 11.7. The van der Waals surface area contributed by atoms with Gasteiger partial charge in [0.2, 0.25) is 10.0 Å². The third kappa shape index (κ3) is 6.22. The number of rotatable bonds is 9. The van der Waals surface area contributed by atoms with Crippen molar-refractivity contribution in [2.24, 2.45) is 0 Å². The van der Waals surface area contributed by atoms with E-state index in [2.05, 4.69) is 4.90 Å². The van der Waals surface area contributed by atoms with Gasteiger partial charge in [0.25, 0.3) is 0 Å². The number of halogens is 3. The van der Waals surface area contributed by atoms with Crippen molar-refractivity contribution in [3.63, 3.8) is 0 Å². The first kappa shape index (κ1) is 26.5. The van der Waals surface area contributed by atoms with Gasteiger partial charge in [-0.25, -0.2) is 17.2 Å². The molecular formula is C26H27ClF2N2O4S. The van der Waals surface area contributed by atoms with E-state index < -0.39 is 27.8 Å². The van der Waals surface area contributed by atoms with Crippen LogP contribution in [0.1, 0.15) is 17.2 Å². The Balaban J connectivity index is 1.44. The van der Waals surface area contributed by atoms with E-state index in [1.165, 1.54) is 35.7 Å². The molecule has 1 unspecified atom stereocenters. The van der Waals surface area contributed by atoms with Gasteiger partial charge in [0.1, 0.15) is 17.4 Å². The number of hydrogen-bond donors (Lipinski definition) is 0. The van der Waals surface area contributed by atoms with E-state index in [4.69, 9.17) is 21.1 Å². The fraction of sp³-hybridized carbons (Fsp3) is 0.308.